The van der Waals surface area contributed by atoms with Crippen LogP contribution in [0, 0.1) is 11.3 Å². The molecule has 0 aromatic rings. The molecule has 0 radical (unpaired) electrons. The molecule has 0 aromatic carbocycles. The molecule has 0 aliphatic carbocycles. The van der Waals surface area contributed by atoms with E-state index in [0.29, 0.717) is 6.42 Å². The van der Waals surface area contributed by atoms with Gasteiger partial charge in [-0.25, -0.2) is 0 Å². The second-order valence-electron chi connectivity index (χ2n) is 2.36. The summed E-state index contributed by atoms with van der Waals surface area (Å²) in [7, 11) is 0. The summed E-state index contributed by atoms with van der Waals surface area (Å²) in [6, 6.07) is 2.13. The molecule has 11 heavy (non-hydrogen) atoms. The van der Waals surface area contributed by atoms with Crippen molar-refractivity contribution in [1.82, 2.24) is 4.90 Å². The maximum atomic E-state index is 8.29. The van der Waals surface area contributed by atoms with E-state index in [4.69, 9.17) is 10.00 Å². The average molecular weight is 335 g/mol. The van der Waals surface area contributed by atoms with Crippen LogP contribution in [-0.2, 0) is 25.8 Å². The first-order chi connectivity index (χ1) is 4.93. The monoisotopic (exact) mass is 335 g/mol. The van der Waals surface area contributed by atoms with E-state index in [1.54, 1.807) is 0 Å². The number of morpholine rings is 1. The van der Waals surface area contributed by atoms with Crippen molar-refractivity contribution in [3.63, 3.8) is 0 Å². The van der Waals surface area contributed by atoms with Crippen LogP contribution in [0.15, 0.2) is 0 Å². The molecule has 0 saturated carbocycles. The van der Waals surface area contributed by atoms with Crippen molar-refractivity contribution >= 4 is 0 Å². The predicted molar refractivity (Wildman–Crippen MR) is 37.5 cm³/mol. The van der Waals surface area contributed by atoms with Gasteiger partial charge in [0.15, 0.2) is 0 Å². The van der Waals surface area contributed by atoms with E-state index >= 15 is 0 Å². The molecule has 0 N–H and O–H groups in total. The second-order valence-corrected chi connectivity index (χ2v) is 2.36. The molecular weight excluding hydrogens is 323 g/mol. The molecule has 1 heterocycles. The fourth-order valence-corrected chi connectivity index (χ4v) is 1.03. The Labute approximate surface area is 81.6 Å². The van der Waals surface area contributed by atoms with Crippen LogP contribution in [0.25, 0.3) is 0 Å². The van der Waals surface area contributed by atoms with Gasteiger partial charge in [-0.1, -0.05) is 0 Å². The van der Waals surface area contributed by atoms with Gasteiger partial charge in [0.05, 0.1) is 19.3 Å². The number of rotatable bonds is 2. The molecule has 1 aliphatic heterocycles. The zero-order valence-corrected chi connectivity index (χ0v) is 8.63. The van der Waals surface area contributed by atoms with Gasteiger partial charge in [0.1, 0.15) is 0 Å². The predicted octanol–water partition coefficient (Wildman–Crippen LogP) is 0.230. The smallest absolute Gasteiger partial charge is 0.0635 e. The van der Waals surface area contributed by atoms with Crippen LogP contribution >= 0.6 is 0 Å². The maximum absolute atomic E-state index is 8.29. The van der Waals surface area contributed by atoms with Gasteiger partial charge in [-0.2, -0.15) is 5.26 Å². The van der Waals surface area contributed by atoms with Crippen LogP contribution in [-0.4, -0.2) is 37.7 Å². The summed E-state index contributed by atoms with van der Waals surface area (Å²) in [4.78, 5) is 2.26. The van der Waals surface area contributed by atoms with Crippen LogP contribution in [0.2, 0.25) is 0 Å². The fraction of sp³-hybridized carbons (Fsp3) is 0.857. The summed E-state index contributed by atoms with van der Waals surface area (Å²) >= 11 is 0. The summed E-state index contributed by atoms with van der Waals surface area (Å²) < 4.78 is 5.16. The molecule has 66 valence electrons. The molecule has 1 saturated heterocycles. The summed E-state index contributed by atoms with van der Waals surface area (Å²) in [5, 5.41) is 8.29. The molecule has 3 nitrogen and oxygen atoms in total. The van der Waals surface area contributed by atoms with Crippen molar-refractivity contribution in [3.05, 3.63) is 0 Å². The molecular formula is C7H12N2OPt. The third kappa shape index (κ3) is 4.52. The largest absolute Gasteiger partial charge is 0.379 e. The second kappa shape index (κ2) is 6.79. The molecule has 0 atom stereocenters. The minimum atomic E-state index is 0. The van der Waals surface area contributed by atoms with Crippen molar-refractivity contribution in [1.29, 1.82) is 5.26 Å². The van der Waals surface area contributed by atoms with E-state index in [0.717, 1.165) is 32.8 Å². The number of ether oxygens (including phenoxy) is 1. The quantitative estimate of drug-likeness (QED) is 0.725. The summed E-state index contributed by atoms with van der Waals surface area (Å²) in [6.45, 7) is 4.53. The first-order valence-electron chi connectivity index (χ1n) is 3.60. The summed E-state index contributed by atoms with van der Waals surface area (Å²) in [5.41, 5.74) is 0. The van der Waals surface area contributed by atoms with Crippen molar-refractivity contribution in [3.8, 4) is 6.07 Å². The van der Waals surface area contributed by atoms with Gasteiger partial charge in [-0.15, -0.1) is 0 Å². The van der Waals surface area contributed by atoms with Gasteiger partial charge in [0.25, 0.3) is 0 Å². The van der Waals surface area contributed by atoms with Crippen LogP contribution < -0.4 is 0 Å². The topological polar surface area (TPSA) is 36.3 Å². The van der Waals surface area contributed by atoms with Gasteiger partial charge < -0.3 is 4.74 Å². The Kier molecular flexibility index (Phi) is 6.85. The standard InChI is InChI=1S/C7H12N2O.Pt/c8-2-1-3-9-4-6-10-7-5-9;/h1,3-7H2;. The van der Waals surface area contributed by atoms with Crippen LogP contribution in [0.3, 0.4) is 0 Å². The molecule has 0 aromatic heterocycles. The Bertz CT molecular complexity index is 129. The van der Waals surface area contributed by atoms with E-state index < -0.39 is 0 Å². The van der Waals surface area contributed by atoms with E-state index in [1.165, 1.54) is 0 Å². The Balaban J connectivity index is 0.000001000. The molecule has 0 amide bonds. The Morgan fingerprint density at radius 2 is 2.00 bits per heavy atom. The fourth-order valence-electron chi connectivity index (χ4n) is 1.03. The maximum Gasteiger partial charge on any atom is 0.0635 e. The first-order valence-corrected chi connectivity index (χ1v) is 3.60. The van der Waals surface area contributed by atoms with Gasteiger partial charge in [0.2, 0.25) is 0 Å². The normalized spacial score (nSPS) is 18.5. The summed E-state index contributed by atoms with van der Waals surface area (Å²) in [6.07, 6.45) is 0.639. The Hall–Kier alpha value is 0.0983. The first kappa shape index (κ1) is 11.1. The number of nitriles is 1. The number of hydrogen-bond acceptors (Lipinski definition) is 3. The van der Waals surface area contributed by atoms with E-state index in [1.807, 2.05) is 0 Å². The number of hydrogen-bond donors (Lipinski definition) is 0. The molecule has 0 spiro atoms. The van der Waals surface area contributed by atoms with E-state index in [9.17, 15) is 0 Å². The number of nitrogens with zero attached hydrogens (tertiary/aromatic N) is 2. The molecule has 0 unspecified atom stereocenters. The summed E-state index contributed by atoms with van der Waals surface area (Å²) in [5.74, 6) is 0. The Morgan fingerprint density at radius 3 is 2.55 bits per heavy atom. The van der Waals surface area contributed by atoms with Crippen molar-refractivity contribution in [2.75, 3.05) is 32.8 Å². The molecule has 4 heteroatoms. The molecule has 1 aliphatic rings. The Morgan fingerprint density at radius 1 is 1.36 bits per heavy atom. The van der Waals surface area contributed by atoms with Gasteiger partial charge in [0, 0.05) is 47.1 Å². The zero-order valence-electron chi connectivity index (χ0n) is 6.36. The third-order valence-corrected chi connectivity index (χ3v) is 1.64. The van der Waals surface area contributed by atoms with E-state index in [-0.39, 0.29) is 21.1 Å². The van der Waals surface area contributed by atoms with Crippen molar-refractivity contribution in [2.45, 2.75) is 6.42 Å². The minimum absolute atomic E-state index is 0. The van der Waals surface area contributed by atoms with Crippen molar-refractivity contribution in [2.24, 2.45) is 0 Å². The minimum Gasteiger partial charge on any atom is -0.379 e. The van der Waals surface area contributed by atoms with Gasteiger partial charge in [-0.3, -0.25) is 4.90 Å². The van der Waals surface area contributed by atoms with Crippen molar-refractivity contribution < 1.29 is 25.8 Å². The van der Waals surface area contributed by atoms with Crippen LogP contribution in [0.5, 0.6) is 0 Å². The van der Waals surface area contributed by atoms with E-state index in [2.05, 4.69) is 11.0 Å². The van der Waals surface area contributed by atoms with Gasteiger partial charge in [-0.05, 0) is 0 Å². The third-order valence-electron chi connectivity index (χ3n) is 1.64. The van der Waals surface area contributed by atoms with Crippen LogP contribution in [0.1, 0.15) is 6.42 Å². The van der Waals surface area contributed by atoms with Crippen LogP contribution in [0.4, 0.5) is 0 Å². The molecule has 1 fully saturated rings. The molecule has 1 rings (SSSR count). The zero-order chi connectivity index (χ0) is 7.23. The SMILES string of the molecule is N#CCCN1CCOCC1.[Pt]. The van der Waals surface area contributed by atoms with Gasteiger partial charge >= 0.3 is 0 Å². The molecule has 0 bridgehead atoms. The average Bonchev–Trinajstić information content (AvgIpc) is 2.03.